The lowest BCUT2D eigenvalue weighted by molar-refractivity contribution is -0.142. The second kappa shape index (κ2) is 6.79. The third-order valence-electron chi connectivity index (χ3n) is 1.76. The molecule has 0 unspecified atom stereocenters. The molecular formula is C11H13NO3S. The lowest BCUT2D eigenvalue weighted by Crippen LogP contribution is -2.26. The average molecular weight is 239 g/mol. The summed E-state index contributed by atoms with van der Waals surface area (Å²) in [4.78, 5) is 22.5. The number of hydrogen-bond donors (Lipinski definition) is 1. The zero-order valence-corrected chi connectivity index (χ0v) is 9.59. The summed E-state index contributed by atoms with van der Waals surface area (Å²) in [6.07, 6.45) is 1.67. The maximum absolute atomic E-state index is 11.4. The number of rotatable bonds is 6. The van der Waals surface area contributed by atoms with E-state index in [1.54, 1.807) is 11.4 Å². The molecule has 0 aromatic carbocycles. The highest BCUT2D eigenvalue weighted by molar-refractivity contribution is 7.08. The summed E-state index contributed by atoms with van der Waals surface area (Å²) in [7, 11) is 0. The Morgan fingerprint density at radius 1 is 1.56 bits per heavy atom. The van der Waals surface area contributed by atoms with Gasteiger partial charge in [0.05, 0.1) is 6.42 Å². The molecule has 1 amide bonds. The third kappa shape index (κ3) is 4.27. The molecule has 0 saturated heterocycles. The Morgan fingerprint density at radius 2 is 2.38 bits per heavy atom. The summed E-state index contributed by atoms with van der Waals surface area (Å²) in [5, 5.41) is 6.22. The molecule has 1 aromatic rings. The predicted molar refractivity (Wildman–Crippen MR) is 62.4 cm³/mol. The molecule has 16 heavy (non-hydrogen) atoms. The second-order valence-electron chi connectivity index (χ2n) is 2.99. The van der Waals surface area contributed by atoms with Crippen LogP contribution in [0.15, 0.2) is 29.5 Å². The van der Waals surface area contributed by atoms with E-state index in [-0.39, 0.29) is 31.4 Å². The van der Waals surface area contributed by atoms with Crippen LogP contribution in [0, 0.1) is 0 Å². The Hall–Kier alpha value is -1.62. The largest absolute Gasteiger partial charge is 0.461 e. The summed E-state index contributed by atoms with van der Waals surface area (Å²) in [5.74, 6) is -0.511. The van der Waals surface area contributed by atoms with Gasteiger partial charge in [0.15, 0.2) is 0 Å². The average Bonchev–Trinajstić information content (AvgIpc) is 2.79. The van der Waals surface area contributed by atoms with Crippen LogP contribution in [-0.2, 0) is 9.53 Å². The van der Waals surface area contributed by atoms with Crippen molar-refractivity contribution in [3.8, 4) is 0 Å². The SMILES string of the molecule is C=CCOC(=O)CCNC(=O)c1ccsc1. The van der Waals surface area contributed by atoms with Gasteiger partial charge in [-0.15, -0.1) is 0 Å². The fourth-order valence-electron chi connectivity index (χ4n) is 0.998. The molecule has 0 aliphatic rings. The summed E-state index contributed by atoms with van der Waals surface area (Å²) in [5.41, 5.74) is 0.615. The minimum absolute atomic E-state index is 0.169. The highest BCUT2D eigenvalue weighted by Gasteiger charge is 2.06. The smallest absolute Gasteiger partial charge is 0.307 e. The number of esters is 1. The van der Waals surface area contributed by atoms with Gasteiger partial charge in [-0.3, -0.25) is 9.59 Å². The monoisotopic (exact) mass is 239 g/mol. The molecule has 1 rings (SSSR count). The molecule has 1 aromatic heterocycles. The van der Waals surface area contributed by atoms with E-state index in [4.69, 9.17) is 4.74 Å². The van der Waals surface area contributed by atoms with Crippen LogP contribution < -0.4 is 5.32 Å². The van der Waals surface area contributed by atoms with E-state index in [0.717, 1.165) is 0 Å². The van der Waals surface area contributed by atoms with Crippen LogP contribution in [0.4, 0.5) is 0 Å². The number of nitrogens with one attached hydrogen (secondary N) is 1. The number of amides is 1. The van der Waals surface area contributed by atoms with E-state index in [1.807, 2.05) is 5.38 Å². The zero-order valence-electron chi connectivity index (χ0n) is 8.77. The first-order valence-electron chi connectivity index (χ1n) is 4.81. The van der Waals surface area contributed by atoms with Crippen molar-refractivity contribution in [3.63, 3.8) is 0 Å². The van der Waals surface area contributed by atoms with Gasteiger partial charge in [0.1, 0.15) is 6.61 Å². The maximum Gasteiger partial charge on any atom is 0.307 e. The Morgan fingerprint density at radius 3 is 3.00 bits per heavy atom. The molecule has 0 spiro atoms. The minimum Gasteiger partial charge on any atom is -0.461 e. The van der Waals surface area contributed by atoms with Crippen molar-refractivity contribution in [2.24, 2.45) is 0 Å². The summed E-state index contributed by atoms with van der Waals surface area (Å²) in [6.45, 7) is 3.92. The van der Waals surface area contributed by atoms with Crippen LogP contribution in [-0.4, -0.2) is 25.0 Å². The van der Waals surface area contributed by atoms with Crippen molar-refractivity contribution < 1.29 is 14.3 Å². The zero-order chi connectivity index (χ0) is 11.8. The predicted octanol–water partition coefficient (Wildman–Crippen LogP) is 1.60. The van der Waals surface area contributed by atoms with Crippen molar-refractivity contribution >= 4 is 23.2 Å². The number of carbonyl (C=O) groups is 2. The van der Waals surface area contributed by atoms with Crippen LogP contribution in [0.2, 0.25) is 0 Å². The molecule has 0 fully saturated rings. The van der Waals surface area contributed by atoms with E-state index in [1.165, 1.54) is 17.4 Å². The normalized spacial score (nSPS) is 9.50. The molecular weight excluding hydrogens is 226 g/mol. The lowest BCUT2D eigenvalue weighted by atomic mass is 10.3. The molecule has 86 valence electrons. The van der Waals surface area contributed by atoms with E-state index < -0.39 is 0 Å². The van der Waals surface area contributed by atoms with E-state index in [9.17, 15) is 9.59 Å². The van der Waals surface area contributed by atoms with Gasteiger partial charge >= 0.3 is 5.97 Å². The van der Waals surface area contributed by atoms with Crippen molar-refractivity contribution in [2.75, 3.05) is 13.2 Å². The molecule has 5 heteroatoms. The van der Waals surface area contributed by atoms with Gasteiger partial charge in [-0.2, -0.15) is 11.3 Å². The Labute approximate surface area is 97.9 Å². The van der Waals surface area contributed by atoms with Crippen molar-refractivity contribution in [1.29, 1.82) is 0 Å². The Bertz CT molecular complexity index is 359. The molecule has 0 bridgehead atoms. The van der Waals surface area contributed by atoms with Gasteiger partial charge in [0.2, 0.25) is 0 Å². The van der Waals surface area contributed by atoms with Crippen LogP contribution in [0.3, 0.4) is 0 Å². The number of thiophene rings is 1. The highest BCUT2D eigenvalue weighted by Crippen LogP contribution is 2.05. The van der Waals surface area contributed by atoms with Gasteiger partial charge in [-0.25, -0.2) is 0 Å². The van der Waals surface area contributed by atoms with Crippen molar-refractivity contribution in [3.05, 3.63) is 35.0 Å². The highest BCUT2D eigenvalue weighted by atomic mass is 32.1. The maximum atomic E-state index is 11.4. The fraction of sp³-hybridized carbons (Fsp3) is 0.273. The Balaban J connectivity index is 2.18. The summed E-state index contributed by atoms with van der Waals surface area (Å²) >= 11 is 1.46. The van der Waals surface area contributed by atoms with Crippen LogP contribution in [0.25, 0.3) is 0 Å². The van der Waals surface area contributed by atoms with E-state index >= 15 is 0 Å². The third-order valence-corrected chi connectivity index (χ3v) is 2.44. The first kappa shape index (κ1) is 12.4. The first-order chi connectivity index (χ1) is 7.74. The van der Waals surface area contributed by atoms with Crippen molar-refractivity contribution in [2.45, 2.75) is 6.42 Å². The molecule has 0 saturated carbocycles. The number of hydrogen-bond acceptors (Lipinski definition) is 4. The summed E-state index contributed by atoms with van der Waals surface area (Å²) < 4.78 is 4.76. The van der Waals surface area contributed by atoms with Crippen LogP contribution >= 0.6 is 11.3 Å². The quantitative estimate of drug-likeness (QED) is 0.606. The molecule has 0 radical (unpaired) electrons. The molecule has 1 N–H and O–H groups in total. The van der Waals surface area contributed by atoms with Crippen LogP contribution in [0.5, 0.6) is 0 Å². The Kier molecular flexibility index (Phi) is 5.28. The van der Waals surface area contributed by atoms with Crippen molar-refractivity contribution in [1.82, 2.24) is 5.32 Å². The molecule has 0 aliphatic heterocycles. The standard InChI is InChI=1S/C11H13NO3S/c1-2-6-15-10(13)3-5-12-11(14)9-4-7-16-8-9/h2,4,7-8H,1,3,5-6H2,(H,12,14). The second-order valence-corrected chi connectivity index (χ2v) is 3.77. The molecule has 1 heterocycles. The number of carbonyl (C=O) groups excluding carboxylic acids is 2. The molecule has 4 nitrogen and oxygen atoms in total. The van der Waals surface area contributed by atoms with Gasteiger partial charge in [-0.1, -0.05) is 12.7 Å². The minimum atomic E-state index is -0.342. The number of ether oxygens (including phenoxy) is 1. The van der Waals surface area contributed by atoms with Gasteiger partial charge in [-0.05, 0) is 11.4 Å². The summed E-state index contributed by atoms with van der Waals surface area (Å²) in [6, 6.07) is 1.73. The molecule has 0 aliphatic carbocycles. The van der Waals surface area contributed by atoms with Gasteiger partial charge in [0.25, 0.3) is 5.91 Å². The lowest BCUT2D eigenvalue weighted by Gasteiger charge is -2.03. The van der Waals surface area contributed by atoms with E-state index in [2.05, 4.69) is 11.9 Å². The first-order valence-corrected chi connectivity index (χ1v) is 5.75. The van der Waals surface area contributed by atoms with E-state index in [0.29, 0.717) is 5.56 Å². The van der Waals surface area contributed by atoms with Gasteiger partial charge in [0, 0.05) is 17.5 Å². The molecule has 0 atom stereocenters. The van der Waals surface area contributed by atoms with Crippen LogP contribution in [0.1, 0.15) is 16.8 Å². The van der Waals surface area contributed by atoms with Gasteiger partial charge < -0.3 is 10.1 Å². The fourth-order valence-corrected chi connectivity index (χ4v) is 1.63. The topological polar surface area (TPSA) is 55.4 Å².